The number of carbonyl (C=O) groups is 2. The Morgan fingerprint density at radius 2 is 1.90 bits per heavy atom. The Hall–Kier alpha value is -0.860. The van der Waals surface area contributed by atoms with Crippen molar-refractivity contribution in [1.82, 2.24) is 0 Å². The van der Waals surface area contributed by atoms with Crippen LogP contribution < -0.4 is 0 Å². The van der Waals surface area contributed by atoms with E-state index in [4.69, 9.17) is 5.11 Å². The summed E-state index contributed by atoms with van der Waals surface area (Å²) in [5.74, 6) is -0.745. The molecule has 0 unspecified atom stereocenters. The first-order valence-corrected chi connectivity index (χ1v) is 3.34. The highest BCUT2D eigenvalue weighted by Crippen LogP contribution is 1.74. The van der Waals surface area contributed by atoms with Gasteiger partial charge in [0.25, 0.3) is 0 Å². The fourth-order valence-electron chi connectivity index (χ4n) is 0.118. The summed E-state index contributed by atoms with van der Waals surface area (Å²) in [6.45, 7) is 3.58. The van der Waals surface area contributed by atoms with Gasteiger partial charge in [-0.1, -0.05) is 13.8 Å². The zero-order valence-electron chi connectivity index (χ0n) is 6.46. The van der Waals surface area contributed by atoms with Crippen molar-refractivity contribution in [2.45, 2.75) is 33.1 Å². The van der Waals surface area contributed by atoms with Gasteiger partial charge in [-0.2, -0.15) is 0 Å². The van der Waals surface area contributed by atoms with Crippen molar-refractivity contribution >= 4 is 12.3 Å². The molecule has 1 N–H and O–H groups in total. The Morgan fingerprint density at radius 3 is 1.90 bits per heavy atom. The van der Waals surface area contributed by atoms with Gasteiger partial charge in [-0.15, -0.1) is 0 Å². The molecule has 0 aliphatic carbocycles. The smallest absolute Gasteiger partial charge is 0.303 e. The van der Waals surface area contributed by atoms with Crippen LogP contribution in [-0.4, -0.2) is 17.4 Å². The molecular formula is C7H14O3. The van der Waals surface area contributed by atoms with Crippen LogP contribution in [0.4, 0.5) is 0 Å². The number of rotatable bonds is 3. The Labute approximate surface area is 61.1 Å². The first kappa shape index (κ1) is 11.9. The van der Waals surface area contributed by atoms with Crippen LogP contribution in [0.15, 0.2) is 0 Å². The lowest BCUT2D eigenvalue weighted by molar-refractivity contribution is -0.136. The molecule has 0 rings (SSSR count). The molecule has 0 aliphatic rings. The molecule has 0 spiro atoms. The van der Waals surface area contributed by atoms with Gasteiger partial charge in [0, 0.05) is 12.8 Å². The summed E-state index contributed by atoms with van der Waals surface area (Å²) in [5.41, 5.74) is 0. The van der Waals surface area contributed by atoms with Gasteiger partial charge in [-0.05, 0) is 6.42 Å². The van der Waals surface area contributed by atoms with Gasteiger partial charge < -0.3 is 9.90 Å². The van der Waals surface area contributed by atoms with Crippen LogP contribution in [0.25, 0.3) is 0 Å². The van der Waals surface area contributed by atoms with E-state index in [1.165, 1.54) is 0 Å². The summed E-state index contributed by atoms with van der Waals surface area (Å²) in [7, 11) is 0. The molecule has 10 heavy (non-hydrogen) atoms. The molecule has 60 valence electrons. The lowest BCUT2D eigenvalue weighted by atomic mass is 10.4. The van der Waals surface area contributed by atoms with Crippen LogP contribution in [0.3, 0.4) is 0 Å². The highest BCUT2D eigenvalue weighted by Gasteiger charge is 1.80. The van der Waals surface area contributed by atoms with Crippen LogP contribution >= 0.6 is 0 Å². The molecule has 0 aromatic carbocycles. The average Bonchev–Trinajstić information content (AvgIpc) is 1.91. The summed E-state index contributed by atoms with van der Waals surface area (Å²) in [5, 5.41) is 7.72. The van der Waals surface area contributed by atoms with Gasteiger partial charge >= 0.3 is 5.97 Å². The molecule has 0 aliphatic heterocycles. The van der Waals surface area contributed by atoms with Crippen LogP contribution in [-0.2, 0) is 9.59 Å². The lowest BCUT2D eigenvalue weighted by Crippen LogP contribution is -1.86. The van der Waals surface area contributed by atoms with E-state index in [9.17, 15) is 9.59 Å². The predicted molar refractivity (Wildman–Crippen MR) is 38.9 cm³/mol. The zero-order chi connectivity index (χ0) is 8.41. The summed E-state index contributed by atoms with van der Waals surface area (Å²) < 4.78 is 0. The first-order chi connectivity index (χ1) is 4.68. The van der Waals surface area contributed by atoms with Crippen LogP contribution in [0.5, 0.6) is 0 Å². The fraction of sp³-hybridized carbons (Fsp3) is 0.714. The quantitative estimate of drug-likeness (QED) is 0.613. The minimum Gasteiger partial charge on any atom is -0.481 e. The SMILES string of the molecule is CCC(=O)O.CCCC=O. The van der Waals surface area contributed by atoms with Crippen LogP contribution in [0.1, 0.15) is 33.1 Å². The number of carboxylic acids is 1. The molecule has 3 heteroatoms. The molecule has 0 amide bonds. The summed E-state index contributed by atoms with van der Waals surface area (Å²) in [4.78, 5) is 18.8. The van der Waals surface area contributed by atoms with E-state index in [0.717, 1.165) is 12.7 Å². The molecular weight excluding hydrogens is 132 g/mol. The second-order valence-electron chi connectivity index (χ2n) is 1.70. The molecule has 0 bridgehead atoms. The second kappa shape index (κ2) is 11.0. The Balaban J connectivity index is 0. The second-order valence-corrected chi connectivity index (χ2v) is 1.70. The monoisotopic (exact) mass is 146 g/mol. The maximum Gasteiger partial charge on any atom is 0.303 e. The first-order valence-electron chi connectivity index (χ1n) is 3.34. The normalized spacial score (nSPS) is 7.40. The number of carbonyl (C=O) groups excluding carboxylic acids is 1. The van der Waals surface area contributed by atoms with Crippen molar-refractivity contribution in [3.63, 3.8) is 0 Å². The molecule has 0 radical (unpaired) electrons. The predicted octanol–water partition coefficient (Wildman–Crippen LogP) is 1.47. The number of hydrogen-bond donors (Lipinski definition) is 1. The van der Waals surface area contributed by atoms with E-state index in [1.807, 2.05) is 6.92 Å². The molecule has 0 aromatic rings. The van der Waals surface area contributed by atoms with E-state index in [0.29, 0.717) is 6.42 Å². The Morgan fingerprint density at radius 1 is 1.50 bits per heavy atom. The highest BCUT2D eigenvalue weighted by atomic mass is 16.4. The Kier molecular flexibility index (Phi) is 13.1. The number of aliphatic carboxylic acids is 1. The van der Waals surface area contributed by atoms with Crippen molar-refractivity contribution in [3.05, 3.63) is 0 Å². The molecule has 0 fully saturated rings. The van der Waals surface area contributed by atoms with Gasteiger partial charge in [0.15, 0.2) is 0 Å². The van der Waals surface area contributed by atoms with E-state index in [-0.39, 0.29) is 6.42 Å². The number of aldehydes is 1. The van der Waals surface area contributed by atoms with Crippen molar-refractivity contribution in [2.24, 2.45) is 0 Å². The molecule has 0 atom stereocenters. The average molecular weight is 146 g/mol. The van der Waals surface area contributed by atoms with E-state index >= 15 is 0 Å². The third-order valence-electron chi connectivity index (χ3n) is 0.709. The Bertz CT molecular complexity index is 88.9. The van der Waals surface area contributed by atoms with Gasteiger partial charge in [-0.25, -0.2) is 0 Å². The summed E-state index contributed by atoms with van der Waals surface area (Å²) in [6.07, 6.45) is 2.84. The third-order valence-corrected chi connectivity index (χ3v) is 0.709. The molecule has 0 aromatic heterocycles. The molecule has 0 heterocycles. The molecule has 0 saturated heterocycles. The van der Waals surface area contributed by atoms with Crippen LogP contribution in [0.2, 0.25) is 0 Å². The highest BCUT2D eigenvalue weighted by molar-refractivity contribution is 5.66. The van der Waals surface area contributed by atoms with Crippen molar-refractivity contribution in [1.29, 1.82) is 0 Å². The minimum absolute atomic E-state index is 0.222. The maximum atomic E-state index is 9.40. The topological polar surface area (TPSA) is 54.4 Å². The minimum atomic E-state index is -0.745. The number of carboxylic acid groups (broad SMARTS) is 1. The van der Waals surface area contributed by atoms with E-state index < -0.39 is 5.97 Å². The number of unbranched alkanes of at least 4 members (excludes halogenated alkanes) is 1. The summed E-state index contributed by atoms with van der Waals surface area (Å²) >= 11 is 0. The summed E-state index contributed by atoms with van der Waals surface area (Å²) in [6, 6.07) is 0. The third kappa shape index (κ3) is 27.3. The van der Waals surface area contributed by atoms with E-state index in [2.05, 4.69) is 0 Å². The number of hydrogen-bond acceptors (Lipinski definition) is 2. The zero-order valence-corrected chi connectivity index (χ0v) is 6.46. The van der Waals surface area contributed by atoms with Gasteiger partial charge in [0.05, 0.1) is 0 Å². The largest absolute Gasteiger partial charge is 0.481 e. The van der Waals surface area contributed by atoms with Gasteiger partial charge in [0.1, 0.15) is 6.29 Å². The fourth-order valence-corrected chi connectivity index (χ4v) is 0.118. The van der Waals surface area contributed by atoms with E-state index in [1.54, 1.807) is 6.92 Å². The maximum absolute atomic E-state index is 9.40. The van der Waals surface area contributed by atoms with Crippen molar-refractivity contribution in [3.8, 4) is 0 Å². The lowest BCUT2D eigenvalue weighted by Gasteiger charge is -1.71. The van der Waals surface area contributed by atoms with Gasteiger partial charge in [-0.3, -0.25) is 4.79 Å². The van der Waals surface area contributed by atoms with Crippen molar-refractivity contribution < 1.29 is 14.7 Å². The molecule has 0 saturated carbocycles. The van der Waals surface area contributed by atoms with Gasteiger partial charge in [0.2, 0.25) is 0 Å². The van der Waals surface area contributed by atoms with Crippen LogP contribution in [0, 0.1) is 0 Å². The molecule has 3 nitrogen and oxygen atoms in total. The van der Waals surface area contributed by atoms with Crippen molar-refractivity contribution in [2.75, 3.05) is 0 Å². The standard InChI is InChI=1S/C4H8O.C3H6O2/c1-2-3-4-5;1-2-3(4)5/h4H,2-3H2,1H3;2H2,1H3,(H,4,5).